The van der Waals surface area contributed by atoms with Crippen molar-refractivity contribution in [1.29, 1.82) is 0 Å². The van der Waals surface area contributed by atoms with E-state index in [2.05, 4.69) is 13.8 Å². The first-order valence-corrected chi connectivity index (χ1v) is 11.4. The maximum absolute atomic E-state index is 11.3. The van der Waals surface area contributed by atoms with Gasteiger partial charge in [0, 0.05) is 18.1 Å². The predicted molar refractivity (Wildman–Crippen MR) is 141 cm³/mol. The number of carbonyl (C=O) groups is 1. The highest BCUT2D eigenvalue weighted by atomic mass is 16.5. The lowest BCUT2D eigenvalue weighted by Gasteiger charge is -2.18. The van der Waals surface area contributed by atoms with E-state index in [4.69, 9.17) is 18.9 Å². The largest absolute Gasteiger partial charge is 0.497 e. The molecule has 3 aromatic rings. The van der Waals surface area contributed by atoms with E-state index in [-0.39, 0.29) is 5.97 Å². The molecule has 0 unspecified atom stereocenters. The Balaban J connectivity index is 2.10. The van der Waals surface area contributed by atoms with Crippen molar-refractivity contribution in [2.24, 2.45) is 0 Å². The molecule has 0 aliphatic heterocycles. The molecule has 0 amide bonds. The normalized spacial score (nSPS) is 11.7. The number of allylic oxidation sites excluding steroid dienone is 3. The topological polar surface area (TPSA) is 54.0 Å². The molecule has 35 heavy (non-hydrogen) atoms. The van der Waals surface area contributed by atoms with Gasteiger partial charge in [0.1, 0.15) is 29.6 Å². The van der Waals surface area contributed by atoms with Crippen LogP contribution in [0, 0.1) is 0 Å². The number of esters is 1. The van der Waals surface area contributed by atoms with Gasteiger partial charge in [-0.15, -0.1) is 0 Å². The lowest BCUT2D eigenvalue weighted by atomic mass is 9.93. The molecule has 0 aliphatic carbocycles. The van der Waals surface area contributed by atoms with E-state index in [1.54, 1.807) is 26.4 Å². The number of methoxy groups -OCH3 is 2. The van der Waals surface area contributed by atoms with Crippen LogP contribution in [0.3, 0.4) is 0 Å². The molecule has 3 aromatic carbocycles. The molecule has 182 valence electrons. The van der Waals surface area contributed by atoms with Crippen LogP contribution in [0.25, 0.3) is 22.3 Å². The SMILES string of the molecule is C/C=C/COc1cc(-c2ccc(OC(C)=O)cc2)c(OC)cc1/C(C)=C(\C)c1ccc(OC)cc1. The van der Waals surface area contributed by atoms with Crippen molar-refractivity contribution < 1.29 is 23.7 Å². The van der Waals surface area contributed by atoms with Gasteiger partial charge in [-0.05, 0) is 79.4 Å². The molecular weight excluding hydrogens is 440 g/mol. The molecule has 5 nitrogen and oxygen atoms in total. The van der Waals surface area contributed by atoms with Crippen molar-refractivity contribution in [3.63, 3.8) is 0 Å². The van der Waals surface area contributed by atoms with Crippen molar-refractivity contribution in [2.75, 3.05) is 20.8 Å². The number of ether oxygens (including phenoxy) is 4. The maximum atomic E-state index is 11.3. The second-order valence-electron chi connectivity index (χ2n) is 8.03. The van der Waals surface area contributed by atoms with E-state index in [0.717, 1.165) is 50.6 Å². The third-order valence-corrected chi connectivity index (χ3v) is 5.79. The highest BCUT2D eigenvalue weighted by Gasteiger charge is 2.17. The van der Waals surface area contributed by atoms with Gasteiger partial charge in [-0.1, -0.05) is 36.4 Å². The van der Waals surface area contributed by atoms with Gasteiger partial charge in [0.2, 0.25) is 0 Å². The number of rotatable bonds is 9. The summed E-state index contributed by atoms with van der Waals surface area (Å²) in [6.45, 7) is 7.99. The van der Waals surface area contributed by atoms with Gasteiger partial charge in [0.25, 0.3) is 0 Å². The van der Waals surface area contributed by atoms with E-state index >= 15 is 0 Å². The molecule has 5 heteroatoms. The molecular formula is C30H32O5. The summed E-state index contributed by atoms with van der Waals surface area (Å²) in [6, 6.07) is 19.4. The lowest BCUT2D eigenvalue weighted by Crippen LogP contribution is -2.01. The second kappa shape index (κ2) is 11.9. The van der Waals surface area contributed by atoms with Crippen LogP contribution in [-0.2, 0) is 4.79 Å². The number of hydrogen-bond donors (Lipinski definition) is 0. The zero-order chi connectivity index (χ0) is 25.4. The average molecular weight is 473 g/mol. The fraction of sp³-hybridized carbons (Fsp3) is 0.233. The van der Waals surface area contributed by atoms with Crippen LogP contribution in [0.5, 0.6) is 23.0 Å². The predicted octanol–water partition coefficient (Wildman–Crippen LogP) is 7.20. The molecule has 0 saturated heterocycles. The molecule has 0 aromatic heterocycles. The van der Waals surface area contributed by atoms with Gasteiger partial charge in [0.15, 0.2) is 0 Å². The van der Waals surface area contributed by atoms with Crippen molar-refractivity contribution in [2.45, 2.75) is 27.7 Å². The second-order valence-corrected chi connectivity index (χ2v) is 8.03. The quantitative estimate of drug-likeness (QED) is 0.143. The third kappa shape index (κ3) is 6.33. The molecule has 0 radical (unpaired) electrons. The first-order valence-electron chi connectivity index (χ1n) is 11.4. The molecule has 0 spiro atoms. The molecule has 0 fully saturated rings. The summed E-state index contributed by atoms with van der Waals surface area (Å²) in [5, 5.41) is 0. The monoisotopic (exact) mass is 472 g/mol. The van der Waals surface area contributed by atoms with Crippen molar-refractivity contribution >= 4 is 17.1 Å². The number of benzene rings is 3. The van der Waals surface area contributed by atoms with Crippen LogP contribution in [0.4, 0.5) is 0 Å². The summed E-state index contributed by atoms with van der Waals surface area (Å²) in [5.41, 5.74) is 6.08. The average Bonchev–Trinajstić information content (AvgIpc) is 2.88. The molecule has 0 bridgehead atoms. The lowest BCUT2D eigenvalue weighted by molar-refractivity contribution is -0.131. The minimum absolute atomic E-state index is 0.353. The van der Waals surface area contributed by atoms with E-state index in [0.29, 0.717) is 12.4 Å². The van der Waals surface area contributed by atoms with E-state index in [1.807, 2.05) is 67.6 Å². The van der Waals surface area contributed by atoms with E-state index < -0.39 is 0 Å². The van der Waals surface area contributed by atoms with Crippen LogP contribution < -0.4 is 18.9 Å². The Hall–Kier alpha value is -3.99. The Kier molecular flexibility index (Phi) is 8.74. The van der Waals surface area contributed by atoms with Crippen molar-refractivity contribution in [1.82, 2.24) is 0 Å². The maximum Gasteiger partial charge on any atom is 0.308 e. The summed E-state index contributed by atoms with van der Waals surface area (Å²) in [6.07, 6.45) is 3.93. The van der Waals surface area contributed by atoms with Gasteiger partial charge in [-0.25, -0.2) is 0 Å². The Morgan fingerprint density at radius 3 is 2.03 bits per heavy atom. The Bertz CT molecular complexity index is 1220. The summed E-state index contributed by atoms with van der Waals surface area (Å²) in [5.74, 6) is 2.44. The number of carbonyl (C=O) groups excluding carboxylic acids is 1. The Labute approximate surface area is 207 Å². The number of hydrogen-bond acceptors (Lipinski definition) is 5. The van der Waals surface area contributed by atoms with Gasteiger partial charge >= 0.3 is 5.97 Å². The Morgan fingerprint density at radius 1 is 0.800 bits per heavy atom. The van der Waals surface area contributed by atoms with E-state index in [1.165, 1.54) is 6.92 Å². The zero-order valence-electron chi connectivity index (χ0n) is 21.2. The summed E-state index contributed by atoms with van der Waals surface area (Å²) in [4.78, 5) is 11.3. The van der Waals surface area contributed by atoms with Crippen molar-refractivity contribution in [3.05, 3.63) is 83.9 Å². The van der Waals surface area contributed by atoms with Crippen LogP contribution in [0.2, 0.25) is 0 Å². The minimum Gasteiger partial charge on any atom is -0.497 e. The standard InChI is InChI=1S/C30H32O5/c1-7-8-17-34-30-19-28(24-11-15-26(16-12-24)35-22(4)31)29(33-6)18-27(30)21(3)20(2)23-9-13-25(32-5)14-10-23/h7-16,18-19H,17H2,1-6H3/b8-7+,21-20+. The van der Waals surface area contributed by atoms with Gasteiger partial charge < -0.3 is 18.9 Å². The summed E-state index contributed by atoms with van der Waals surface area (Å²) in [7, 11) is 3.32. The van der Waals surface area contributed by atoms with Crippen molar-refractivity contribution in [3.8, 4) is 34.1 Å². The highest BCUT2D eigenvalue weighted by Crippen LogP contribution is 2.41. The van der Waals surface area contributed by atoms with E-state index in [9.17, 15) is 4.79 Å². The van der Waals surface area contributed by atoms with Gasteiger partial charge in [-0.3, -0.25) is 4.79 Å². The van der Waals surface area contributed by atoms with Crippen LogP contribution >= 0.6 is 0 Å². The summed E-state index contributed by atoms with van der Waals surface area (Å²) >= 11 is 0. The van der Waals surface area contributed by atoms with Gasteiger partial charge in [-0.2, -0.15) is 0 Å². The zero-order valence-corrected chi connectivity index (χ0v) is 21.2. The van der Waals surface area contributed by atoms with Crippen LogP contribution in [-0.4, -0.2) is 26.8 Å². The third-order valence-electron chi connectivity index (χ3n) is 5.79. The highest BCUT2D eigenvalue weighted by molar-refractivity contribution is 5.92. The molecule has 0 N–H and O–H groups in total. The fourth-order valence-corrected chi connectivity index (χ4v) is 3.73. The van der Waals surface area contributed by atoms with Crippen LogP contribution in [0.1, 0.15) is 38.8 Å². The first kappa shape index (κ1) is 25.6. The molecule has 0 heterocycles. The summed E-state index contributed by atoms with van der Waals surface area (Å²) < 4.78 is 22.4. The Morgan fingerprint density at radius 2 is 1.46 bits per heavy atom. The molecule has 0 aliphatic rings. The molecule has 3 rings (SSSR count). The fourth-order valence-electron chi connectivity index (χ4n) is 3.73. The van der Waals surface area contributed by atoms with Gasteiger partial charge in [0.05, 0.1) is 14.2 Å². The minimum atomic E-state index is -0.353. The molecule has 0 atom stereocenters. The smallest absolute Gasteiger partial charge is 0.308 e. The van der Waals surface area contributed by atoms with Crippen LogP contribution in [0.15, 0.2) is 72.8 Å². The molecule has 0 saturated carbocycles. The first-order chi connectivity index (χ1) is 16.9.